The van der Waals surface area contributed by atoms with Crippen molar-refractivity contribution < 1.29 is 4.74 Å². The van der Waals surface area contributed by atoms with Gasteiger partial charge in [-0.2, -0.15) is 5.10 Å². The maximum Gasteiger partial charge on any atom is 0.0656 e. The number of aryl methyl sites for hydroxylation is 1. The molecular formula is C10H15N3O. The van der Waals surface area contributed by atoms with Crippen LogP contribution in [-0.4, -0.2) is 35.6 Å². The molecule has 0 aromatic carbocycles. The lowest BCUT2D eigenvalue weighted by atomic mass is 10.2. The van der Waals surface area contributed by atoms with E-state index >= 15 is 0 Å². The fourth-order valence-electron chi connectivity index (χ4n) is 1.47. The minimum atomic E-state index is 0.332. The lowest BCUT2D eigenvalue weighted by Gasteiger charge is -2.20. The third kappa shape index (κ3) is 2.21. The molecule has 1 unspecified atom stereocenters. The van der Waals surface area contributed by atoms with Crippen molar-refractivity contribution >= 4 is 6.08 Å². The van der Waals surface area contributed by atoms with Gasteiger partial charge in [0.2, 0.25) is 0 Å². The van der Waals surface area contributed by atoms with E-state index in [0.29, 0.717) is 6.04 Å². The Morgan fingerprint density at radius 2 is 2.64 bits per heavy atom. The van der Waals surface area contributed by atoms with Gasteiger partial charge in [0.15, 0.2) is 0 Å². The lowest BCUT2D eigenvalue weighted by molar-refractivity contribution is 0.0903. The minimum Gasteiger partial charge on any atom is -0.378 e. The Morgan fingerprint density at radius 3 is 3.29 bits per heavy atom. The zero-order valence-corrected chi connectivity index (χ0v) is 8.31. The highest BCUT2D eigenvalue weighted by atomic mass is 16.5. The van der Waals surface area contributed by atoms with Crippen LogP contribution in [0.1, 0.15) is 5.69 Å². The first-order chi connectivity index (χ1) is 6.86. The zero-order chi connectivity index (χ0) is 9.80. The highest BCUT2D eigenvalue weighted by molar-refractivity contribution is 5.45. The Balaban J connectivity index is 1.95. The van der Waals surface area contributed by atoms with Crippen LogP contribution >= 0.6 is 0 Å². The molecule has 0 amide bonds. The average molecular weight is 193 g/mol. The Kier molecular flexibility index (Phi) is 2.96. The summed E-state index contributed by atoms with van der Waals surface area (Å²) >= 11 is 0. The maximum atomic E-state index is 5.35. The second-order valence-corrected chi connectivity index (χ2v) is 3.37. The van der Waals surface area contributed by atoms with Gasteiger partial charge in [-0.3, -0.25) is 4.68 Å². The van der Waals surface area contributed by atoms with Crippen molar-refractivity contribution in [1.29, 1.82) is 0 Å². The molecular weight excluding hydrogens is 178 g/mol. The van der Waals surface area contributed by atoms with Crippen LogP contribution in [0.25, 0.3) is 6.08 Å². The van der Waals surface area contributed by atoms with Crippen molar-refractivity contribution in [2.24, 2.45) is 7.05 Å². The number of nitrogens with one attached hydrogen (secondary N) is 1. The van der Waals surface area contributed by atoms with Gasteiger partial charge in [0, 0.05) is 25.8 Å². The fourth-order valence-corrected chi connectivity index (χ4v) is 1.47. The quantitative estimate of drug-likeness (QED) is 0.740. The molecule has 1 aliphatic rings. The van der Waals surface area contributed by atoms with Gasteiger partial charge < -0.3 is 10.1 Å². The first kappa shape index (κ1) is 9.43. The predicted molar refractivity (Wildman–Crippen MR) is 54.9 cm³/mol. The van der Waals surface area contributed by atoms with Crippen molar-refractivity contribution in [3.63, 3.8) is 0 Å². The summed E-state index contributed by atoms with van der Waals surface area (Å²) in [7, 11) is 1.93. The molecule has 76 valence electrons. The normalized spacial score (nSPS) is 23.1. The molecule has 1 N–H and O–H groups in total. The summed E-state index contributed by atoms with van der Waals surface area (Å²) in [4.78, 5) is 0. The van der Waals surface area contributed by atoms with E-state index in [4.69, 9.17) is 4.74 Å². The van der Waals surface area contributed by atoms with Gasteiger partial charge in [0.05, 0.1) is 18.9 Å². The second-order valence-electron chi connectivity index (χ2n) is 3.37. The number of hydrogen-bond donors (Lipinski definition) is 1. The fraction of sp³-hybridized carbons (Fsp3) is 0.500. The molecule has 1 fully saturated rings. The van der Waals surface area contributed by atoms with Crippen LogP contribution in [0.4, 0.5) is 0 Å². The first-order valence-electron chi connectivity index (χ1n) is 4.83. The van der Waals surface area contributed by atoms with E-state index in [1.54, 1.807) is 6.20 Å². The van der Waals surface area contributed by atoms with Gasteiger partial charge in [0.25, 0.3) is 0 Å². The maximum absolute atomic E-state index is 5.35. The van der Waals surface area contributed by atoms with E-state index in [1.165, 1.54) is 0 Å². The van der Waals surface area contributed by atoms with Crippen LogP contribution < -0.4 is 5.32 Å². The van der Waals surface area contributed by atoms with Crippen molar-refractivity contribution in [1.82, 2.24) is 15.1 Å². The second kappa shape index (κ2) is 4.39. The molecule has 1 aromatic heterocycles. The molecule has 2 rings (SSSR count). The SMILES string of the molecule is Cn1nccc1/C=C/C1COCCN1. The number of rotatable bonds is 2. The summed E-state index contributed by atoms with van der Waals surface area (Å²) in [5.41, 5.74) is 1.11. The Morgan fingerprint density at radius 1 is 1.71 bits per heavy atom. The predicted octanol–water partition coefficient (Wildman–Crippen LogP) is 0.422. The van der Waals surface area contributed by atoms with E-state index in [9.17, 15) is 0 Å². The van der Waals surface area contributed by atoms with Crippen LogP contribution in [0, 0.1) is 0 Å². The molecule has 14 heavy (non-hydrogen) atoms. The molecule has 4 heteroatoms. The van der Waals surface area contributed by atoms with Crippen LogP contribution in [0.5, 0.6) is 0 Å². The van der Waals surface area contributed by atoms with E-state index < -0.39 is 0 Å². The molecule has 0 bridgehead atoms. The van der Waals surface area contributed by atoms with Crippen molar-refractivity contribution in [2.75, 3.05) is 19.8 Å². The van der Waals surface area contributed by atoms with E-state index in [0.717, 1.165) is 25.5 Å². The highest BCUT2D eigenvalue weighted by Crippen LogP contribution is 2.02. The topological polar surface area (TPSA) is 39.1 Å². The standard InChI is InChI=1S/C10H15N3O/c1-13-10(4-5-12-13)3-2-9-8-14-7-6-11-9/h2-5,9,11H,6-8H2,1H3/b3-2+. The molecule has 0 spiro atoms. The van der Waals surface area contributed by atoms with Gasteiger partial charge in [-0.1, -0.05) is 6.08 Å². The van der Waals surface area contributed by atoms with E-state index in [1.807, 2.05) is 17.8 Å². The molecule has 0 radical (unpaired) electrons. The van der Waals surface area contributed by atoms with Gasteiger partial charge in [-0.05, 0) is 12.1 Å². The van der Waals surface area contributed by atoms with Gasteiger partial charge >= 0.3 is 0 Å². The molecule has 0 aliphatic carbocycles. The monoisotopic (exact) mass is 193 g/mol. The number of morpholine rings is 1. The van der Waals surface area contributed by atoms with Gasteiger partial charge in [-0.25, -0.2) is 0 Å². The Labute approximate surface area is 83.6 Å². The van der Waals surface area contributed by atoms with Crippen LogP contribution in [0.15, 0.2) is 18.3 Å². The van der Waals surface area contributed by atoms with Crippen molar-refractivity contribution in [3.05, 3.63) is 24.0 Å². The van der Waals surface area contributed by atoms with Crippen LogP contribution in [-0.2, 0) is 11.8 Å². The summed E-state index contributed by atoms with van der Waals surface area (Å²) in [6.45, 7) is 2.50. The number of nitrogens with zero attached hydrogens (tertiary/aromatic N) is 2. The molecule has 1 aliphatic heterocycles. The minimum absolute atomic E-state index is 0.332. The van der Waals surface area contributed by atoms with Crippen LogP contribution in [0.3, 0.4) is 0 Å². The zero-order valence-electron chi connectivity index (χ0n) is 8.31. The highest BCUT2D eigenvalue weighted by Gasteiger charge is 2.08. The number of aromatic nitrogens is 2. The Bertz CT molecular complexity index is 313. The van der Waals surface area contributed by atoms with Crippen molar-refractivity contribution in [2.45, 2.75) is 6.04 Å². The summed E-state index contributed by atoms with van der Waals surface area (Å²) in [5.74, 6) is 0. The summed E-state index contributed by atoms with van der Waals surface area (Å²) in [6, 6.07) is 2.32. The largest absolute Gasteiger partial charge is 0.378 e. The van der Waals surface area contributed by atoms with E-state index in [2.05, 4.69) is 22.6 Å². The summed E-state index contributed by atoms with van der Waals surface area (Å²) < 4.78 is 7.19. The molecule has 1 saturated heterocycles. The smallest absolute Gasteiger partial charge is 0.0656 e. The molecule has 1 aromatic rings. The van der Waals surface area contributed by atoms with Crippen LogP contribution in [0.2, 0.25) is 0 Å². The third-order valence-corrected chi connectivity index (χ3v) is 2.31. The molecule has 4 nitrogen and oxygen atoms in total. The average Bonchev–Trinajstić information content (AvgIpc) is 2.63. The molecule has 1 atom stereocenters. The Hall–Kier alpha value is -1.13. The number of ether oxygens (including phenoxy) is 1. The lowest BCUT2D eigenvalue weighted by Crippen LogP contribution is -2.39. The summed E-state index contributed by atoms with van der Waals surface area (Å²) in [5, 5.41) is 7.45. The number of hydrogen-bond acceptors (Lipinski definition) is 3. The molecule has 0 saturated carbocycles. The van der Waals surface area contributed by atoms with Gasteiger partial charge in [-0.15, -0.1) is 0 Å². The summed E-state index contributed by atoms with van der Waals surface area (Å²) in [6.07, 6.45) is 5.99. The van der Waals surface area contributed by atoms with Crippen molar-refractivity contribution in [3.8, 4) is 0 Å². The van der Waals surface area contributed by atoms with E-state index in [-0.39, 0.29) is 0 Å². The van der Waals surface area contributed by atoms with Gasteiger partial charge in [0.1, 0.15) is 0 Å². The third-order valence-electron chi connectivity index (χ3n) is 2.31. The molecule has 2 heterocycles. The first-order valence-corrected chi connectivity index (χ1v) is 4.83.